The van der Waals surface area contributed by atoms with Crippen LogP contribution in [0, 0.1) is 0 Å². The van der Waals surface area contributed by atoms with Gasteiger partial charge in [-0.2, -0.15) is 0 Å². The van der Waals surface area contributed by atoms with Crippen LogP contribution in [0.25, 0.3) is 5.57 Å². The average Bonchev–Trinajstić information content (AvgIpc) is 2.82. The van der Waals surface area contributed by atoms with Crippen LogP contribution in [0.3, 0.4) is 0 Å². The molecule has 0 heterocycles. The second-order valence-electron chi connectivity index (χ2n) is 8.37. The van der Waals surface area contributed by atoms with E-state index in [-0.39, 0.29) is 17.7 Å². The first-order chi connectivity index (χ1) is 15.7. The summed E-state index contributed by atoms with van der Waals surface area (Å²) in [7, 11) is 0. The molecule has 178 valence electrons. The Morgan fingerprint density at radius 2 is 1.67 bits per heavy atom. The lowest BCUT2D eigenvalue weighted by molar-refractivity contribution is 0.0213. The molecule has 2 aromatic carbocycles. The maximum Gasteiger partial charge on any atom is 0.336 e. The molecule has 3 N–H and O–H groups in total. The van der Waals surface area contributed by atoms with Gasteiger partial charge in [0.2, 0.25) is 0 Å². The SMILES string of the molecule is CCC(O)(CC)CCCC/C=C(/C)c1cccc(OCc2ccc(C(=O)O)c(C(=O)O)c2)c1. The molecule has 0 amide bonds. The first kappa shape index (κ1) is 26.1. The second-order valence-corrected chi connectivity index (χ2v) is 8.37. The molecule has 2 rings (SSSR count). The van der Waals surface area contributed by atoms with Gasteiger partial charge < -0.3 is 20.1 Å². The van der Waals surface area contributed by atoms with E-state index in [4.69, 9.17) is 9.84 Å². The number of hydrogen-bond acceptors (Lipinski definition) is 4. The monoisotopic (exact) mass is 454 g/mol. The minimum absolute atomic E-state index is 0.129. The number of ether oxygens (including phenoxy) is 1. The van der Waals surface area contributed by atoms with Crippen LogP contribution in [0.1, 0.15) is 91.1 Å². The molecular formula is C27H34O6. The van der Waals surface area contributed by atoms with Gasteiger partial charge in [0.1, 0.15) is 12.4 Å². The number of benzene rings is 2. The minimum Gasteiger partial charge on any atom is -0.489 e. The zero-order valence-corrected chi connectivity index (χ0v) is 19.6. The van der Waals surface area contributed by atoms with Gasteiger partial charge in [-0.1, -0.05) is 44.5 Å². The topological polar surface area (TPSA) is 104 Å². The van der Waals surface area contributed by atoms with Crippen molar-refractivity contribution >= 4 is 17.5 Å². The molecule has 0 bridgehead atoms. The summed E-state index contributed by atoms with van der Waals surface area (Å²) in [6.07, 6.45) is 7.54. The maximum atomic E-state index is 11.4. The zero-order chi connectivity index (χ0) is 24.4. The van der Waals surface area contributed by atoms with Gasteiger partial charge in [-0.15, -0.1) is 0 Å². The molecule has 0 unspecified atom stereocenters. The summed E-state index contributed by atoms with van der Waals surface area (Å²) in [5.41, 5.74) is 1.72. The molecular weight excluding hydrogens is 420 g/mol. The predicted molar refractivity (Wildman–Crippen MR) is 129 cm³/mol. The van der Waals surface area contributed by atoms with Crippen molar-refractivity contribution in [2.24, 2.45) is 0 Å². The first-order valence-corrected chi connectivity index (χ1v) is 11.4. The Balaban J connectivity index is 1.96. The highest BCUT2D eigenvalue weighted by atomic mass is 16.5. The first-order valence-electron chi connectivity index (χ1n) is 11.4. The van der Waals surface area contributed by atoms with E-state index in [9.17, 15) is 19.8 Å². The molecule has 0 fully saturated rings. The highest BCUT2D eigenvalue weighted by Crippen LogP contribution is 2.24. The molecule has 33 heavy (non-hydrogen) atoms. The Labute approximate surface area is 195 Å². The van der Waals surface area contributed by atoms with Crippen molar-refractivity contribution in [2.75, 3.05) is 0 Å². The van der Waals surface area contributed by atoms with Gasteiger partial charge in [0, 0.05) is 0 Å². The van der Waals surface area contributed by atoms with E-state index in [2.05, 4.69) is 13.0 Å². The van der Waals surface area contributed by atoms with Crippen LogP contribution in [-0.2, 0) is 6.61 Å². The Hall–Kier alpha value is -3.12. The van der Waals surface area contributed by atoms with Crippen LogP contribution in [0.15, 0.2) is 48.5 Å². The van der Waals surface area contributed by atoms with Gasteiger partial charge in [0.25, 0.3) is 0 Å². The summed E-state index contributed by atoms with van der Waals surface area (Å²) < 4.78 is 5.83. The molecule has 0 radical (unpaired) electrons. The molecule has 0 aliphatic carbocycles. The Bertz CT molecular complexity index is 988. The van der Waals surface area contributed by atoms with Crippen molar-refractivity contribution in [1.29, 1.82) is 0 Å². The molecule has 0 aromatic heterocycles. The van der Waals surface area contributed by atoms with Crippen LogP contribution in [-0.4, -0.2) is 32.9 Å². The Morgan fingerprint density at radius 3 is 2.30 bits per heavy atom. The largest absolute Gasteiger partial charge is 0.489 e. The Morgan fingerprint density at radius 1 is 0.970 bits per heavy atom. The molecule has 0 atom stereocenters. The summed E-state index contributed by atoms with van der Waals surface area (Å²) >= 11 is 0. The molecule has 6 heteroatoms. The van der Waals surface area contributed by atoms with Crippen LogP contribution >= 0.6 is 0 Å². The van der Waals surface area contributed by atoms with Gasteiger partial charge in [0.15, 0.2) is 0 Å². The highest BCUT2D eigenvalue weighted by Gasteiger charge is 2.20. The number of carboxylic acids is 2. The normalized spacial score (nSPS) is 11.9. The van der Waals surface area contributed by atoms with Gasteiger partial charge in [-0.25, -0.2) is 9.59 Å². The summed E-state index contributed by atoms with van der Waals surface area (Å²) in [6, 6.07) is 11.9. The smallest absolute Gasteiger partial charge is 0.336 e. The summed E-state index contributed by atoms with van der Waals surface area (Å²) in [5.74, 6) is -1.91. The number of unbranched alkanes of at least 4 members (excludes halogenated alkanes) is 2. The number of allylic oxidation sites excluding steroid dienone is 2. The number of carboxylic acid groups (broad SMARTS) is 2. The fourth-order valence-corrected chi connectivity index (χ4v) is 3.68. The quantitative estimate of drug-likeness (QED) is 0.312. The number of aliphatic hydroxyl groups is 1. The molecule has 0 saturated heterocycles. The molecule has 0 spiro atoms. The minimum atomic E-state index is -1.29. The van der Waals surface area contributed by atoms with Gasteiger partial charge >= 0.3 is 11.9 Å². The number of hydrogen-bond donors (Lipinski definition) is 3. The number of rotatable bonds is 13. The molecule has 0 aliphatic rings. The number of carbonyl (C=O) groups is 2. The third-order valence-electron chi connectivity index (χ3n) is 6.10. The van der Waals surface area contributed by atoms with E-state index in [1.807, 2.05) is 38.1 Å². The van der Waals surface area contributed by atoms with Gasteiger partial charge in [-0.05, 0) is 80.0 Å². The van der Waals surface area contributed by atoms with Crippen LogP contribution in [0.5, 0.6) is 5.75 Å². The molecule has 6 nitrogen and oxygen atoms in total. The second kappa shape index (κ2) is 12.2. The third kappa shape index (κ3) is 7.75. The van der Waals surface area contributed by atoms with Crippen LogP contribution in [0.2, 0.25) is 0 Å². The van der Waals surface area contributed by atoms with E-state index in [0.717, 1.165) is 49.7 Å². The summed E-state index contributed by atoms with van der Waals surface area (Å²) in [5, 5.41) is 28.8. The number of aromatic carboxylic acids is 2. The fourth-order valence-electron chi connectivity index (χ4n) is 3.68. The lowest BCUT2D eigenvalue weighted by Gasteiger charge is -2.24. The zero-order valence-electron chi connectivity index (χ0n) is 19.6. The molecule has 0 saturated carbocycles. The van der Waals surface area contributed by atoms with Crippen molar-refractivity contribution in [3.63, 3.8) is 0 Å². The highest BCUT2D eigenvalue weighted by molar-refractivity contribution is 6.01. The average molecular weight is 455 g/mol. The van der Waals surface area contributed by atoms with Crippen LogP contribution in [0.4, 0.5) is 0 Å². The maximum absolute atomic E-state index is 11.4. The summed E-state index contributed by atoms with van der Waals surface area (Å²) in [4.78, 5) is 22.5. The molecule has 2 aromatic rings. The van der Waals surface area contributed by atoms with E-state index in [1.54, 1.807) is 6.07 Å². The summed E-state index contributed by atoms with van der Waals surface area (Å²) in [6.45, 7) is 6.24. The van der Waals surface area contributed by atoms with E-state index in [1.165, 1.54) is 12.1 Å². The standard InChI is InChI=1S/C27H34O6/c1-4-27(32,5-2)15-8-6-7-10-19(3)21-11-9-12-22(17-21)33-18-20-13-14-23(25(28)29)24(16-20)26(30)31/h9-14,16-17,32H,4-8,15,18H2,1-3H3,(H,28,29)(H,30,31)/b19-10-. The van der Waals surface area contributed by atoms with Crippen molar-refractivity contribution < 1.29 is 29.6 Å². The van der Waals surface area contributed by atoms with E-state index in [0.29, 0.717) is 11.3 Å². The third-order valence-corrected chi connectivity index (χ3v) is 6.10. The van der Waals surface area contributed by atoms with Gasteiger partial charge in [-0.3, -0.25) is 0 Å². The van der Waals surface area contributed by atoms with Crippen LogP contribution < -0.4 is 4.74 Å². The van der Waals surface area contributed by atoms with E-state index < -0.39 is 17.5 Å². The predicted octanol–water partition coefficient (Wildman–Crippen LogP) is 6.18. The Kier molecular flexibility index (Phi) is 9.67. The lowest BCUT2D eigenvalue weighted by Crippen LogP contribution is -2.26. The van der Waals surface area contributed by atoms with Crippen molar-refractivity contribution in [3.8, 4) is 5.75 Å². The van der Waals surface area contributed by atoms with Crippen molar-refractivity contribution in [1.82, 2.24) is 0 Å². The van der Waals surface area contributed by atoms with E-state index >= 15 is 0 Å². The fraction of sp³-hybridized carbons (Fsp3) is 0.407. The van der Waals surface area contributed by atoms with Crippen molar-refractivity contribution in [3.05, 3.63) is 70.8 Å². The van der Waals surface area contributed by atoms with Crippen molar-refractivity contribution in [2.45, 2.75) is 71.5 Å². The lowest BCUT2D eigenvalue weighted by atomic mass is 9.91. The molecule has 0 aliphatic heterocycles. The van der Waals surface area contributed by atoms with Gasteiger partial charge in [0.05, 0.1) is 16.7 Å².